The SMILES string of the molecule is Cc1ccc(CNC(=O)c2cccc(N)c2)c(OC2CCOC2)c1. The van der Waals surface area contributed by atoms with Crippen LogP contribution in [-0.2, 0) is 11.3 Å². The predicted octanol–water partition coefficient (Wildman–Crippen LogP) is 2.67. The molecule has 1 amide bonds. The van der Waals surface area contributed by atoms with E-state index in [4.69, 9.17) is 15.2 Å². The van der Waals surface area contributed by atoms with Crippen molar-refractivity contribution in [3.63, 3.8) is 0 Å². The molecule has 2 aromatic rings. The third-order valence-electron chi connectivity index (χ3n) is 3.99. The minimum atomic E-state index is -0.155. The molecule has 2 aromatic carbocycles. The summed E-state index contributed by atoms with van der Waals surface area (Å²) in [4.78, 5) is 12.3. The van der Waals surface area contributed by atoms with Crippen molar-refractivity contribution in [2.45, 2.75) is 26.0 Å². The fourth-order valence-electron chi connectivity index (χ4n) is 2.66. The van der Waals surface area contributed by atoms with E-state index in [1.807, 2.05) is 25.1 Å². The highest BCUT2D eigenvalue weighted by atomic mass is 16.5. The first kappa shape index (κ1) is 16.3. The molecular weight excluding hydrogens is 304 g/mol. The van der Waals surface area contributed by atoms with E-state index in [0.29, 0.717) is 24.4 Å². The normalized spacial score (nSPS) is 16.8. The number of rotatable bonds is 5. The van der Waals surface area contributed by atoms with Gasteiger partial charge in [0.15, 0.2) is 0 Å². The fourth-order valence-corrected chi connectivity index (χ4v) is 2.66. The van der Waals surface area contributed by atoms with Crippen molar-refractivity contribution in [1.82, 2.24) is 5.32 Å². The van der Waals surface area contributed by atoms with Gasteiger partial charge in [0.05, 0.1) is 13.2 Å². The maximum Gasteiger partial charge on any atom is 0.251 e. The van der Waals surface area contributed by atoms with E-state index < -0.39 is 0 Å². The summed E-state index contributed by atoms with van der Waals surface area (Å²) in [6.07, 6.45) is 0.971. The molecule has 3 N–H and O–H groups in total. The summed E-state index contributed by atoms with van der Waals surface area (Å²) in [7, 11) is 0. The second-order valence-electron chi connectivity index (χ2n) is 6.02. The van der Waals surface area contributed by atoms with Gasteiger partial charge in [-0.05, 0) is 36.8 Å². The minimum absolute atomic E-state index is 0.0789. The van der Waals surface area contributed by atoms with Crippen LogP contribution in [0.15, 0.2) is 42.5 Å². The number of hydrogen-bond donors (Lipinski definition) is 2. The van der Waals surface area contributed by atoms with E-state index in [2.05, 4.69) is 5.32 Å². The number of benzene rings is 2. The molecule has 1 saturated heterocycles. The highest BCUT2D eigenvalue weighted by Gasteiger charge is 2.19. The number of aryl methyl sites for hydroxylation is 1. The lowest BCUT2D eigenvalue weighted by Crippen LogP contribution is -2.24. The van der Waals surface area contributed by atoms with E-state index in [1.165, 1.54) is 0 Å². The fraction of sp³-hybridized carbons (Fsp3) is 0.316. The first-order chi connectivity index (χ1) is 11.6. The van der Waals surface area contributed by atoms with Crippen LogP contribution in [0.3, 0.4) is 0 Å². The summed E-state index contributed by atoms with van der Waals surface area (Å²) >= 11 is 0. The van der Waals surface area contributed by atoms with Gasteiger partial charge < -0.3 is 20.5 Å². The van der Waals surface area contributed by atoms with Gasteiger partial charge in [-0.1, -0.05) is 18.2 Å². The molecule has 0 aromatic heterocycles. The van der Waals surface area contributed by atoms with Crippen molar-refractivity contribution in [2.24, 2.45) is 0 Å². The van der Waals surface area contributed by atoms with Crippen LogP contribution in [0.1, 0.15) is 27.9 Å². The van der Waals surface area contributed by atoms with E-state index >= 15 is 0 Å². The van der Waals surface area contributed by atoms with Crippen LogP contribution < -0.4 is 15.8 Å². The maximum atomic E-state index is 12.3. The molecule has 3 rings (SSSR count). The number of nitrogens with one attached hydrogen (secondary N) is 1. The van der Waals surface area contributed by atoms with Gasteiger partial charge >= 0.3 is 0 Å². The number of hydrogen-bond acceptors (Lipinski definition) is 4. The Labute approximate surface area is 141 Å². The Hall–Kier alpha value is -2.53. The summed E-state index contributed by atoms with van der Waals surface area (Å²) in [6.45, 7) is 3.77. The molecule has 0 saturated carbocycles. The Morgan fingerprint density at radius 1 is 1.33 bits per heavy atom. The Morgan fingerprint density at radius 2 is 2.21 bits per heavy atom. The van der Waals surface area contributed by atoms with Gasteiger partial charge in [0, 0.05) is 29.8 Å². The van der Waals surface area contributed by atoms with Crippen LogP contribution in [0.2, 0.25) is 0 Å². The molecule has 0 radical (unpaired) electrons. The van der Waals surface area contributed by atoms with Gasteiger partial charge in [-0.15, -0.1) is 0 Å². The van der Waals surface area contributed by atoms with Gasteiger partial charge in [0.1, 0.15) is 11.9 Å². The second kappa shape index (κ2) is 7.36. The third kappa shape index (κ3) is 4.06. The number of carbonyl (C=O) groups is 1. The Morgan fingerprint density at radius 3 is 2.96 bits per heavy atom. The molecule has 0 bridgehead atoms. The van der Waals surface area contributed by atoms with Crippen LogP contribution in [0.5, 0.6) is 5.75 Å². The zero-order valence-electron chi connectivity index (χ0n) is 13.7. The van der Waals surface area contributed by atoms with Gasteiger partial charge in [-0.3, -0.25) is 4.79 Å². The molecule has 1 atom stereocenters. The van der Waals surface area contributed by atoms with E-state index in [9.17, 15) is 4.79 Å². The van der Waals surface area contributed by atoms with E-state index in [1.54, 1.807) is 24.3 Å². The van der Waals surface area contributed by atoms with E-state index in [-0.39, 0.29) is 12.0 Å². The Bertz CT molecular complexity index is 724. The number of anilines is 1. The molecular formula is C19H22N2O3. The lowest BCUT2D eigenvalue weighted by atomic mass is 10.1. The zero-order chi connectivity index (χ0) is 16.9. The average molecular weight is 326 g/mol. The van der Waals surface area contributed by atoms with Gasteiger partial charge in [-0.25, -0.2) is 0 Å². The molecule has 0 aliphatic carbocycles. The van der Waals surface area contributed by atoms with Gasteiger partial charge in [0.25, 0.3) is 5.91 Å². The lowest BCUT2D eigenvalue weighted by molar-refractivity contribution is 0.0950. The molecule has 5 nitrogen and oxygen atoms in total. The number of amides is 1. The topological polar surface area (TPSA) is 73.6 Å². The van der Waals surface area contributed by atoms with Crippen molar-refractivity contribution < 1.29 is 14.3 Å². The third-order valence-corrected chi connectivity index (χ3v) is 3.99. The molecule has 5 heteroatoms. The minimum Gasteiger partial charge on any atom is -0.488 e. The Kier molecular flexibility index (Phi) is 5.01. The summed E-state index contributed by atoms with van der Waals surface area (Å²) in [5, 5.41) is 2.92. The second-order valence-corrected chi connectivity index (χ2v) is 6.02. The average Bonchev–Trinajstić information content (AvgIpc) is 3.07. The van der Waals surface area contributed by atoms with Crippen molar-refractivity contribution in [2.75, 3.05) is 18.9 Å². The van der Waals surface area contributed by atoms with Crippen molar-refractivity contribution in [3.05, 3.63) is 59.2 Å². The summed E-state index contributed by atoms with van der Waals surface area (Å²) in [5.74, 6) is 0.649. The summed E-state index contributed by atoms with van der Waals surface area (Å²) in [6, 6.07) is 12.9. The van der Waals surface area contributed by atoms with Crippen molar-refractivity contribution >= 4 is 11.6 Å². The van der Waals surface area contributed by atoms with Crippen LogP contribution in [-0.4, -0.2) is 25.2 Å². The molecule has 1 unspecified atom stereocenters. The van der Waals surface area contributed by atoms with Gasteiger partial charge in [0.2, 0.25) is 0 Å². The summed E-state index contributed by atoms with van der Waals surface area (Å²) in [5.41, 5.74) is 8.92. The molecule has 1 aliphatic rings. The van der Waals surface area contributed by atoms with Crippen LogP contribution in [0.4, 0.5) is 5.69 Å². The highest BCUT2D eigenvalue weighted by Crippen LogP contribution is 2.24. The largest absolute Gasteiger partial charge is 0.488 e. The molecule has 1 fully saturated rings. The van der Waals surface area contributed by atoms with Crippen LogP contribution >= 0.6 is 0 Å². The monoisotopic (exact) mass is 326 g/mol. The van der Waals surface area contributed by atoms with Crippen LogP contribution in [0, 0.1) is 6.92 Å². The number of carbonyl (C=O) groups excluding carboxylic acids is 1. The van der Waals surface area contributed by atoms with Crippen molar-refractivity contribution in [3.8, 4) is 5.75 Å². The lowest BCUT2D eigenvalue weighted by Gasteiger charge is -2.17. The van der Waals surface area contributed by atoms with Crippen LogP contribution in [0.25, 0.3) is 0 Å². The number of ether oxygens (including phenoxy) is 2. The molecule has 126 valence electrons. The quantitative estimate of drug-likeness (QED) is 0.829. The number of nitrogen functional groups attached to an aromatic ring is 1. The Balaban J connectivity index is 1.68. The zero-order valence-corrected chi connectivity index (χ0v) is 13.7. The van der Waals surface area contributed by atoms with Crippen molar-refractivity contribution in [1.29, 1.82) is 0 Å². The summed E-state index contributed by atoms with van der Waals surface area (Å²) < 4.78 is 11.4. The van der Waals surface area contributed by atoms with Gasteiger partial charge in [-0.2, -0.15) is 0 Å². The molecule has 1 aliphatic heterocycles. The smallest absolute Gasteiger partial charge is 0.251 e. The van der Waals surface area contributed by atoms with E-state index in [0.717, 1.165) is 29.9 Å². The highest BCUT2D eigenvalue weighted by molar-refractivity contribution is 5.94. The molecule has 1 heterocycles. The first-order valence-electron chi connectivity index (χ1n) is 8.09. The molecule has 0 spiro atoms. The first-order valence-corrected chi connectivity index (χ1v) is 8.09. The predicted molar refractivity (Wildman–Crippen MR) is 93.1 cm³/mol. The standard InChI is InChI=1S/C19H22N2O3/c1-13-5-6-15(18(9-13)24-17-7-8-23-12-17)11-21-19(22)14-3-2-4-16(20)10-14/h2-6,9-10,17H,7-8,11-12,20H2,1H3,(H,21,22). The molecule has 24 heavy (non-hydrogen) atoms. The maximum absolute atomic E-state index is 12.3. The number of nitrogens with two attached hydrogens (primary N) is 1.